The normalized spacial score (nSPS) is 34.3. The number of benzene rings is 2. The van der Waals surface area contributed by atoms with Crippen molar-refractivity contribution in [1.82, 2.24) is 4.90 Å². The predicted octanol–water partition coefficient (Wildman–Crippen LogP) is 4.74. The fourth-order valence-electron chi connectivity index (χ4n) is 4.70. The second kappa shape index (κ2) is 6.93. The van der Waals surface area contributed by atoms with Gasteiger partial charge >= 0.3 is 7.82 Å². The number of para-hydroxylation sites is 1. The average molecular weight is 415 g/mol. The lowest BCUT2D eigenvalue weighted by Crippen LogP contribution is -2.67. The van der Waals surface area contributed by atoms with Gasteiger partial charge in [0.05, 0.1) is 0 Å². The summed E-state index contributed by atoms with van der Waals surface area (Å²) in [6.07, 6.45) is 2.41. The van der Waals surface area contributed by atoms with E-state index in [0.717, 1.165) is 30.7 Å². The third-order valence-electron chi connectivity index (χ3n) is 6.19. The van der Waals surface area contributed by atoms with Crippen LogP contribution in [-0.2, 0) is 24.6 Å². The minimum atomic E-state index is -3.36. The van der Waals surface area contributed by atoms with E-state index >= 15 is 0 Å². The molecule has 2 aromatic rings. The van der Waals surface area contributed by atoms with Crippen LogP contribution < -0.4 is 4.74 Å². The highest BCUT2D eigenvalue weighted by Crippen LogP contribution is 2.80. The Labute approximate surface area is 171 Å². The van der Waals surface area contributed by atoms with E-state index in [4.69, 9.17) is 18.3 Å². The summed E-state index contributed by atoms with van der Waals surface area (Å²) in [6, 6.07) is 18.6. The SMILES string of the molecule is C[C@@H](COc1ccccc1Cc1ccccc1)N1CCCC23OP(=O)(O2)O[C@@]13C. The second-order valence-corrected chi connectivity index (χ2v) is 9.63. The van der Waals surface area contributed by atoms with Crippen LogP contribution in [0.25, 0.3) is 0 Å². The highest BCUT2D eigenvalue weighted by molar-refractivity contribution is 7.50. The molecular formula is C22H26NO5P. The summed E-state index contributed by atoms with van der Waals surface area (Å²) in [6.45, 7) is 5.32. The maximum Gasteiger partial charge on any atom is 0.482 e. The van der Waals surface area contributed by atoms with Crippen molar-refractivity contribution in [2.45, 2.75) is 50.7 Å². The van der Waals surface area contributed by atoms with Crippen LogP contribution in [0.5, 0.6) is 5.75 Å². The number of piperidine rings is 1. The Bertz CT molecular complexity index is 941. The van der Waals surface area contributed by atoms with Crippen LogP contribution in [0, 0.1) is 0 Å². The van der Waals surface area contributed by atoms with Gasteiger partial charge in [0.1, 0.15) is 12.4 Å². The monoisotopic (exact) mass is 415 g/mol. The van der Waals surface area contributed by atoms with Gasteiger partial charge in [-0.1, -0.05) is 48.5 Å². The average Bonchev–Trinajstić information content (AvgIpc) is 3.08. The van der Waals surface area contributed by atoms with Crippen molar-refractivity contribution in [3.63, 3.8) is 0 Å². The van der Waals surface area contributed by atoms with E-state index in [9.17, 15) is 4.57 Å². The number of phosphoric ester groups is 1. The van der Waals surface area contributed by atoms with Crippen molar-refractivity contribution in [2.24, 2.45) is 0 Å². The van der Waals surface area contributed by atoms with E-state index in [-0.39, 0.29) is 6.04 Å². The zero-order valence-corrected chi connectivity index (χ0v) is 17.6. The zero-order valence-electron chi connectivity index (χ0n) is 16.7. The smallest absolute Gasteiger partial charge is 0.482 e. The molecule has 2 bridgehead atoms. The molecule has 29 heavy (non-hydrogen) atoms. The first-order valence-corrected chi connectivity index (χ1v) is 11.6. The summed E-state index contributed by atoms with van der Waals surface area (Å²) < 4.78 is 35.5. The predicted molar refractivity (Wildman–Crippen MR) is 109 cm³/mol. The topological polar surface area (TPSA) is 57.2 Å². The maximum absolute atomic E-state index is 12.3. The summed E-state index contributed by atoms with van der Waals surface area (Å²) in [5.74, 6) is -0.0164. The minimum absolute atomic E-state index is 0.0429. The highest BCUT2D eigenvalue weighted by Gasteiger charge is 2.79. The number of hydrogen-bond donors (Lipinski definition) is 0. The summed E-state index contributed by atoms with van der Waals surface area (Å²) >= 11 is 0. The van der Waals surface area contributed by atoms with Crippen LogP contribution in [0.3, 0.4) is 0 Å². The molecular weight excluding hydrogens is 389 g/mol. The van der Waals surface area contributed by atoms with Crippen LogP contribution in [-0.4, -0.2) is 35.6 Å². The summed E-state index contributed by atoms with van der Waals surface area (Å²) in [7, 11) is -3.36. The lowest BCUT2D eigenvalue weighted by atomic mass is 9.91. The summed E-state index contributed by atoms with van der Waals surface area (Å²) in [5, 5.41) is 0. The molecule has 0 amide bonds. The molecule has 154 valence electrons. The van der Waals surface area contributed by atoms with Crippen LogP contribution in [0.2, 0.25) is 0 Å². The molecule has 2 aromatic carbocycles. The first-order valence-electron chi connectivity index (χ1n) is 10.2. The van der Waals surface area contributed by atoms with E-state index in [1.165, 1.54) is 5.56 Å². The molecule has 0 unspecified atom stereocenters. The standard InChI is InChI=1S/C22H26NO5P/c1-17(23-14-8-13-22-21(23,2)26-29(24,27-22)28-22)16-25-20-12-7-6-11-19(20)15-18-9-4-3-5-10-18/h3-7,9-12,17H,8,13-16H2,1-2H3/t17-,21+,22?,29?/m0/s1. The van der Waals surface area contributed by atoms with E-state index in [1.807, 2.05) is 31.2 Å². The highest BCUT2D eigenvalue weighted by atomic mass is 31.2. The zero-order chi connectivity index (χ0) is 20.1. The molecule has 4 aliphatic heterocycles. The molecule has 0 radical (unpaired) electrons. The molecule has 0 aromatic heterocycles. The summed E-state index contributed by atoms with van der Waals surface area (Å²) in [5.41, 5.74) is 1.57. The molecule has 4 saturated heterocycles. The number of likely N-dealkylation sites (tertiary alicyclic amines) is 1. The molecule has 0 saturated carbocycles. The summed E-state index contributed by atoms with van der Waals surface area (Å²) in [4.78, 5) is 2.17. The Balaban J connectivity index is 1.29. The lowest BCUT2D eigenvalue weighted by molar-refractivity contribution is -0.277. The Kier molecular flexibility index (Phi) is 4.61. The number of ether oxygens (including phenoxy) is 1. The largest absolute Gasteiger partial charge is 0.492 e. The van der Waals surface area contributed by atoms with E-state index in [2.05, 4.69) is 42.2 Å². The van der Waals surface area contributed by atoms with Gasteiger partial charge in [0.25, 0.3) is 0 Å². The Morgan fingerprint density at radius 3 is 2.62 bits per heavy atom. The van der Waals surface area contributed by atoms with E-state index in [0.29, 0.717) is 13.0 Å². The van der Waals surface area contributed by atoms with Gasteiger partial charge in [-0.2, -0.15) is 0 Å². The fraction of sp³-hybridized carbons (Fsp3) is 0.455. The van der Waals surface area contributed by atoms with Crippen LogP contribution >= 0.6 is 7.82 Å². The van der Waals surface area contributed by atoms with Gasteiger partial charge in [0.15, 0.2) is 5.72 Å². The Morgan fingerprint density at radius 2 is 1.83 bits per heavy atom. The maximum atomic E-state index is 12.3. The van der Waals surface area contributed by atoms with Crippen LogP contribution in [0.1, 0.15) is 37.8 Å². The van der Waals surface area contributed by atoms with Crippen molar-refractivity contribution in [2.75, 3.05) is 13.2 Å². The van der Waals surface area contributed by atoms with Gasteiger partial charge < -0.3 is 4.74 Å². The molecule has 2 atom stereocenters. The molecule has 7 heteroatoms. The van der Waals surface area contributed by atoms with E-state index < -0.39 is 19.3 Å². The molecule has 4 aliphatic rings. The fourth-order valence-corrected chi connectivity index (χ4v) is 6.71. The first-order chi connectivity index (χ1) is 13.9. The van der Waals surface area contributed by atoms with Crippen molar-refractivity contribution in [3.8, 4) is 5.75 Å². The first kappa shape index (κ1) is 19.3. The van der Waals surface area contributed by atoms with Gasteiger partial charge in [-0.05, 0) is 37.5 Å². The van der Waals surface area contributed by atoms with Crippen molar-refractivity contribution < 1.29 is 22.9 Å². The second-order valence-electron chi connectivity index (χ2n) is 8.18. The number of phosphoric acid groups is 1. The Morgan fingerprint density at radius 1 is 1.10 bits per heavy atom. The number of hydrogen-bond acceptors (Lipinski definition) is 6. The number of nitrogens with zero attached hydrogens (tertiary/aromatic N) is 1. The van der Waals surface area contributed by atoms with Gasteiger partial charge in [0, 0.05) is 25.4 Å². The van der Waals surface area contributed by atoms with Crippen molar-refractivity contribution in [1.29, 1.82) is 0 Å². The molecule has 6 nitrogen and oxygen atoms in total. The van der Waals surface area contributed by atoms with Gasteiger partial charge in [0.2, 0.25) is 5.79 Å². The third kappa shape index (κ3) is 3.15. The van der Waals surface area contributed by atoms with Crippen LogP contribution in [0.4, 0.5) is 0 Å². The van der Waals surface area contributed by atoms with Crippen LogP contribution in [0.15, 0.2) is 54.6 Å². The Hall–Kier alpha value is -1.69. The molecule has 1 spiro atoms. The minimum Gasteiger partial charge on any atom is -0.492 e. The van der Waals surface area contributed by atoms with E-state index in [1.54, 1.807) is 0 Å². The van der Waals surface area contributed by atoms with Gasteiger partial charge in [-0.3, -0.25) is 9.42 Å². The molecule has 0 aliphatic carbocycles. The molecule has 0 N–H and O–H groups in total. The number of rotatable bonds is 6. The van der Waals surface area contributed by atoms with Gasteiger partial charge in [-0.25, -0.2) is 13.6 Å². The lowest BCUT2D eigenvalue weighted by Gasteiger charge is -2.50. The van der Waals surface area contributed by atoms with Crippen molar-refractivity contribution >= 4 is 7.82 Å². The van der Waals surface area contributed by atoms with Crippen molar-refractivity contribution in [3.05, 3.63) is 65.7 Å². The molecule has 4 heterocycles. The quantitative estimate of drug-likeness (QED) is 0.636. The molecule has 4 fully saturated rings. The van der Waals surface area contributed by atoms with Gasteiger partial charge in [-0.15, -0.1) is 0 Å². The molecule has 6 rings (SSSR count). The third-order valence-corrected chi connectivity index (χ3v) is 7.81.